The molecule has 0 N–H and O–H groups in total. The summed E-state index contributed by atoms with van der Waals surface area (Å²) in [6, 6.07) is 0. The van der Waals surface area contributed by atoms with E-state index < -0.39 is 12.3 Å². The van der Waals surface area contributed by atoms with E-state index in [4.69, 9.17) is 0 Å². The molecular weight excluding hydrogens is 144 g/mol. The summed E-state index contributed by atoms with van der Waals surface area (Å²) in [4.78, 5) is 27.5. The highest BCUT2D eigenvalue weighted by atomic mass is 17.3. The Kier molecular flexibility index (Phi) is 3.78. The van der Waals surface area contributed by atoms with Gasteiger partial charge in [0.15, 0.2) is 0 Å². The second-order valence-electron chi connectivity index (χ2n) is 1.07. The lowest BCUT2D eigenvalue weighted by Crippen LogP contribution is -2.10. The molecule has 0 rings (SSSR count). The van der Waals surface area contributed by atoms with Gasteiger partial charge in [0.25, 0.3) is 0 Å². The van der Waals surface area contributed by atoms with Crippen LogP contribution in [0.1, 0.15) is 0 Å². The van der Waals surface area contributed by atoms with Crippen LogP contribution >= 0.6 is 0 Å². The summed E-state index contributed by atoms with van der Waals surface area (Å²) < 4.78 is 7.90. The fraction of sp³-hybridized carbons (Fsp3) is 0.500. The van der Waals surface area contributed by atoms with Crippen LogP contribution < -0.4 is 0 Å². The van der Waals surface area contributed by atoms with Crippen molar-refractivity contribution in [2.45, 2.75) is 0 Å². The van der Waals surface area contributed by atoms with Crippen LogP contribution in [0, 0.1) is 0 Å². The second kappa shape index (κ2) is 4.42. The fourth-order valence-corrected chi connectivity index (χ4v) is 0.136. The minimum absolute atomic E-state index is 1.07. The maximum absolute atomic E-state index is 10.1. The Hall–Kier alpha value is -1.46. The van der Waals surface area contributed by atoms with E-state index in [0.29, 0.717) is 0 Å². The average Bonchev–Trinajstić information content (AvgIpc) is 1.99. The highest BCUT2D eigenvalue weighted by Crippen LogP contribution is 1.86. The van der Waals surface area contributed by atoms with Crippen LogP contribution in [-0.4, -0.2) is 26.5 Å². The summed E-state index contributed by atoms with van der Waals surface area (Å²) in [7, 11) is 2.14. The molecule has 58 valence electrons. The molecule has 0 unspecified atom stereocenters. The van der Waals surface area contributed by atoms with Gasteiger partial charge in [-0.05, 0) is 0 Å². The van der Waals surface area contributed by atoms with Crippen molar-refractivity contribution in [2.24, 2.45) is 0 Å². The monoisotopic (exact) mass is 150 g/mol. The first-order chi connectivity index (χ1) is 4.70. The Bertz CT molecular complexity index is 114. The third-order valence-electron chi connectivity index (χ3n) is 0.511. The van der Waals surface area contributed by atoms with Gasteiger partial charge in [0.1, 0.15) is 0 Å². The molecule has 10 heavy (non-hydrogen) atoms. The van der Waals surface area contributed by atoms with Gasteiger partial charge >= 0.3 is 12.3 Å². The first-order valence-electron chi connectivity index (χ1n) is 2.21. The van der Waals surface area contributed by atoms with Gasteiger partial charge in [-0.2, -0.15) is 19.4 Å². The smallest absolute Gasteiger partial charge is 0.435 e. The lowest BCUT2D eigenvalue weighted by molar-refractivity contribution is -0.213. The van der Waals surface area contributed by atoms with Gasteiger partial charge in [0.2, 0.25) is 0 Å². The Balaban J connectivity index is 3.35. The van der Waals surface area contributed by atoms with Crippen molar-refractivity contribution >= 4 is 12.3 Å². The van der Waals surface area contributed by atoms with Gasteiger partial charge in [0, 0.05) is 0 Å². The topological polar surface area (TPSA) is 71.1 Å². The van der Waals surface area contributed by atoms with E-state index in [-0.39, 0.29) is 0 Å². The van der Waals surface area contributed by atoms with Gasteiger partial charge in [-0.1, -0.05) is 0 Å². The predicted octanol–water partition coefficient (Wildman–Crippen LogP) is 0.467. The Labute approximate surface area is 56.5 Å². The van der Waals surface area contributed by atoms with Gasteiger partial charge in [-0.15, -0.1) is 0 Å². The zero-order valence-electron chi connectivity index (χ0n) is 5.45. The van der Waals surface area contributed by atoms with E-state index in [1.54, 1.807) is 0 Å². The molecule has 0 aliphatic carbocycles. The summed E-state index contributed by atoms with van der Waals surface area (Å²) in [5.74, 6) is 0. The summed E-state index contributed by atoms with van der Waals surface area (Å²) in [6.45, 7) is 0. The van der Waals surface area contributed by atoms with Crippen LogP contribution in [0.15, 0.2) is 0 Å². The summed E-state index contributed by atoms with van der Waals surface area (Å²) >= 11 is 0. The minimum atomic E-state index is -1.12. The molecule has 6 heteroatoms. The SMILES string of the molecule is COC(=O)OOC(=O)OC. The molecule has 0 fully saturated rings. The van der Waals surface area contributed by atoms with Crippen LogP contribution in [0.5, 0.6) is 0 Å². The molecule has 0 heterocycles. The molecule has 0 amide bonds. The molecule has 0 bridgehead atoms. The number of ether oxygens (including phenoxy) is 2. The maximum Gasteiger partial charge on any atom is 0.549 e. The Morgan fingerprint density at radius 2 is 1.20 bits per heavy atom. The fourth-order valence-electron chi connectivity index (χ4n) is 0.136. The molecule has 0 aromatic heterocycles. The first-order valence-corrected chi connectivity index (χ1v) is 2.21. The van der Waals surface area contributed by atoms with E-state index >= 15 is 0 Å². The van der Waals surface area contributed by atoms with E-state index in [1.165, 1.54) is 0 Å². The first kappa shape index (κ1) is 8.54. The third-order valence-corrected chi connectivity index (χ3v) is 0.511. The van der Waals surface area contributed by atoms with Crippen molar-refractivity contribution in [3.8, 4) is 0 Å². The van der Waals surface area contributed by atoms with Gasteiger partial charge in [-0.25, -0.2) is 0 Å². The highest BCUT2D eigenvalue weighted by Gasteiger charge is 2.07. The maximum atomic E-state index is 10.1. The van der Waals surface area contributed by atoms with E-state index in [1.807, 2.05) is 0 Å². The third kappa shape index (κ3) is 3.53. The molecule has 0 aromatic carbocycles. The summed E-state index contributed by atoms with van der Waals surface area (Å²) in [6.07, 6.45) is -2.24. The quantitative estimate of drug-likeness (QED) is 0.284. The highest BCUT2D eigenvalue weighted by molar-refractivity contribution is 5.63. The second-order valence-corrected chi connectivity index (χ2v) is 1.07. The number of rotatable bonds is 0. The summed E-state index contributed by atoms with van der Waals surface area (Å²) in [5, 5.41) is 0. The van der Waals surface area contributed by atoms with Crippen molar-refractivity contribution in [3.05, 3.63) is 0 Å². The van der Waals surface area contributed by atoms with Crippen LogP contribution in [0.2, 0.25) is 0 Å². The van der Waals surface area contributed by atoms with E-state index in [0.717, 1.165) is 14.2 Å². The molecule has 0 aliphatic rings. The molecule has 6 nitrogen and oxygen atoms in total. The van der Waals surface area contributed by atoms with Crippen molar-refractivity contribution in [3.63, 3.8) is 0 Å². The lowest BCUT2D eigenvalue weighted by atomic mass is 11.3. The van der Waals surface area contributed by atoms with Crippen LogP contribution in [-0.2, 0) is 19.2 Å². The van der Waals surface area contributed by atoms with E-state index in [9.17, 15) is 9.59 Å². The minimum Gasteiger partial charge on any atom is -0.435 e. The summed E-state index contributed by atoms with van der Waals surface area (Å²) in [5.41, 5.74) is 0. The van der Waals surface area contributed by atoms with Crippen LogP contribution in [0.3, 0.4) is 0 Å². The number of carbonyl (C=O) groups is 2. The number of hydrogen-bond acceptors (Lipinski definition) is 6. The van der Waals surface area contributed by atoms with Crippen molar-refractivity contribution in [1.29, 1.82) is 0 Å². The molecule has 0 radical (unpaired) electrons. The molecule has 0 aliphatic heterocycles. The Morgan fingerprint density at radius 1 is 0.900 bits per heavy atom. The zero-order valence-corrected chi connectivity index (χ0v) is 5.45. The average molecular weight is 150 g/mol. The van der Waals surface area contributed by atoms with Gasteiger partial charge in [0.05, 0.1) is 14.2 Å². The standard InChI is InChI=1S/C4H6O6/c1-7-3(5)9-10-4(6)8-2/h1-2H3. The number of methoxy groups -OCH3 is 2. The molecule has 0 aromatic rings. The zero-order chi connectivity index (χ0) is 7.98. The molecule has 0 saturated heterocycles. The van der Waals surface area contributed by atoms with Crippen molar-refractivity contribution in [1.82, 2.24) is 0 Å². The van der Waals surface area contributed by atoms with Crippen molar-refractivity contribution in [2.75, 3.05) is 14.2 Å². The van der Waals surface area contributed by atoms with Crippen LogP contribution in [0.4, 0.5) is 9.59 Å². The normalized spacial score (nSPS) is 7.80. The van der Waals surface area contributed by atoms with Gasteiger partial charge < -0.3 is 9.47 Å². The van der Waals surface area contributed by atoms with Crippen LogP contribution in [0.25, 0.3) is 0 Å². The predicted molar refractivity (Wildman–Crippen MR) is 27.0 cm³/mol. The largest absolute Gasteiger partial charge is 0.549 e. The molecular formula is C4H6O6. The Morgan fingerprint density at radius 3 is 1.40 bits per heavy atom. The number of hydrogen-bond donors (Lipinski definition) is 0. The van der Waals surface area contributed by atoms with Crippen molar-refractivity contribution < 1.29 is 28.8 Å². The lowest BCUT2D eigenvalue weighted by Gasteiger charge is -1.97. The molecule has 0 saturated carbocycles. The number of carbonyl (C=O) groups excluding carboxylic acids is 2. The van der Waals surface area contributed by atoms with E-state index in [2.05, 4.69) is 19.2 Å². The molecule has 0 atom stereocenters. The van der Waals surface area contributed by atoms with Gasteiger partial charge in [-0.3, -0.25) is 0 Å². The molecule has 0 spiro atoms.